The standard InChI is InChI=1S/C16H21F3N2O2/c1-11(21-14(22)20-10-15(23)7-4-8-15)9-12-5-2-3-6-13(12)16(17,18)19/h2-3,5-6,11,23H,4,7-10H2,1H3,(H2,20,21,22). The van der Waals surface area contributed by atoms with E-state index in [4.69, 9.17) is 0 Å². The van der Waals surface area contributed by atoms with Crippen molar-refractivity contribution in [2.75, 3.05) is 6.54 Å². The first-order valence-corrected chi connectivity index (χ1v) is 7.61. The summed E-state index contributed by atoms with van der Waals surface area (Å²) in [4.78, 5) is 11.8. The summed E-state index contributed by atoms with van der Waals surface area (Å²) in [5.74, 6) is 0. The normalized spacial score (nSPS) is 18.0. The molecular formula is C16H21F3N2O2. The average Bonchev–Trinajstić information content (AvgIpc) is 2.42. The Balaban J connectivity index is 1.87. The molecule has 4 nitrogen and oxygen atoms in total. The summed E-state index contributed by atoms with van der Waals surface area (Å²) in [5, 5.41) is 15.1. The van der Waals surface area contributed by atoms with Crippen molar-refractivity contribution in [1.82, 2.24) is 10.6 Å². The fraction of sp³-hybridized carbons (Fsp3) is 0.562. The van der Waals surface area contributed by atoms with Crippen molar-refractivity contribution in [3.05, 3.63) is 35.4 Å². The van der Waals surface area contributed by atoms with Gasteiger partial charge >= 0.3 is 12.2 Å². The predicted octanol–water partition coefficient (Wildman–Crippen LogP) is 2.85. The van der Waals surface area contributed by atoms with Gasteiger partial charge in [0, 0.05) is 12.6 Å². The molecule has 1 fully saturated rings. The van der Waals surface area contributed by atoms with Crippen molar-refractivity contribution in [2.45, 2.75) is 50.4 Å². The fourth-order valence-electron chi connectivity index (χ4n) is 2.64. The summed E-state index contributed by atoms with van der Waals surface area (Å²) in [6, 6.07) is 4.39. The molecule has 7 heteroatoms. The lowest BCUT2D eigenvalue weighted by Gasteiger charge is -2.36. The largest absolute Gasteiger partial charge is 0.416 e. The molecule has 1 saturated carbocycles. The summed E-state index contributed by atoms with van der Waals surface area (Å²) in [6.07, 6.45) is -2.09. The monoisotopic (exact) mass is 330 g/mol. The fourth-order valence-corrected chi connectivity index (χ4v) is 2.64. The second kappa shape index (κ2) is 6.78. The number of hydrogen-bond donors (Lipinski definition) is 3. The number of carbonyl (C=O) groups is 1. The first-order chi connectivity index (χ1) is 10.7. The van der Waals surface area contributed by atoms with Crippen molar-refractivity contribution in [1.29, 1.82) is 0 Å². The molecule has 0 spiro atoms. The Hall–Kier alpha value is -1.76. The highest BCUT2D eigenvalue weighted by Crippen LogP contribution is 2.32. The van der Waals surface area contributed by atoms with Gasteiger partial charge < -0.3 is 15.7 Å². The number of urea groups is 1. The first kappa shape index (κ1) is 17.6. The third-order valence-corrected chi connectivity index (χ3v) is 4.09. The van der Waals surface area contributed by atoms with E-state index in [1.807, 2.05) is 0 Å². The lowest BCUT2D eigenvalue weighted by molar-refractivity contribution is -0.138. The molecule has 2 rings (SSSR count). The molecule has 3 N–H and O–H groups in total. The Morgan fingerprint density at radius 2 is 2.00 bits per heavy atom. The smallest absolute Gasteiger partial charge is 0.388 e. The van der Waals surface area contributed by atoms with E-state index in [0.29, 0.717) is 12.8 Å². The van der Waals surface area contributed by atoms with Crippen molar-refractivity contribution in [3.8, 4) is 0 Å². The van der Waals surface area contributed by atoms with Gasteiger partial charge in [-0.05, 0) is 44.2 Å². The molecule has 1 unspecified atom stereocenters. The van der Waals surface area contributed by atoms with Gasteiger partial charge in [-0.3, -0.25) is 0 Å². The van der Waals surface area contributed by atoms with Crippen molar-refractivity contribution >= 4 is 6.03 Å². The number of halogens is 3. The number of rotatable bonds is 5. The van der Waals surface area contributed by atoms with E-state index in [1.165, 1.54) is 12.1 Å². The summed E-state index contributed by atoms with van der Waals surface area (Å²) in [5.41, 5.74) is -1.37. The highest BCUT2D eigenvalue weighted by molar-refractivity contribution is 5.74. The lowest BCUT2D eigenvalue weighted by atomic mass is 9.80. The molecule has 0 aromatic heterocycles. The summed E-state index contributed by atoms with van der Waals surface area (Å²) in [6.45, 7) is 1.80. The van der Waals surface area contributed by atoms with Gasteiger partial charge in [-0.15, -0.1) is 0 Å². The minimum atomic E-state index is -4.41. The Bertz CT molecular complexity index is 557. The third kappa shape index (κ3) is 4.86. The topological polar surface area (TPSA) is 61.4 Å². The molecule has 0 radical (unpaired) electrons. The van der Waals surface area contributed by atoms with Gasteiger partial charge in [-0.1, -0.05) is 18.2 Å². The van der Waals surface area contributed by atoms with Crippen LogP contribution in [0.1, 0.15) is 37.3 Å². The van der Waals surface area contributed by atoms with Crippen LogP contribution in [0.4, 0.5) is 18.0 Å². The molecule has 23 heavy (non-hydrogen) atoms. The maximum atomic E-state index is 12.9. The number of alkyl halides is 3. The zero-order valence-electron chi connectivity index (χ0n) is 12.9. The van der Waals surface area contributed by atoms with Crippen LogP contribution in [0.5, 0.6) is 0 Å². The van der Waals surface area contributed by atoms with Crippen LogP contribution < -0.4 is 10.6 Å². The number of carbonyl (C=O) groups excluding carboxylic acids is 1. The molecule has 128 valence electrons. The highest BCUT2D eigenvalue weighted by atomic mass is 19.4. The average molecular weight is 330 g/mol. The molecule has 2 amide bonds. The van der Waals surface area contributed by atoms with Crippen molar-refractivity contribution in [3.63, 3.8) is 0 Å². The number of amides is 2. The Labute approximate surface area is 133 Å². The molecule has 1 aliphatic carbocycles. The van der Waals surface area contributed by atoms with Gasteiger partial charge in [0.05, 0.1) is 11.2 Å². The summed E-state index contributed by atoms with van der Waals surface area (Å²) >= 11 is 0. The quantitative estimate of drug-likeness (QED) is 0.777. The van der Waals surface area contributed by atoms with Crippen LogP contribution >= 0.6 is 0 Å². The van der Waals surface area contributed by atoms with Crippen LogP contribution in [-0.2, 0) is 12.6 Å². The number of hydrogen-bond acceptors (Lipinski definition) is 2. The van der Waals surface area contributed by atoms with Crippen LogP contribution in [-0.4, -0.2) is 29.3 Å². The van der Waals surface area contributed by atoms with E-state index in [2.05, 4.69) is 10.6 Å². The number of benzene rings is 1. The van der Waals surface area contributed by atoms with Gasteiger partial charge in [0.25, 0.3) is 0 Å². The van der Waals surface area contributed by atoms with E-state index >= 15 is 0 Å². The second-order valence-electron chi connectivity index (χ2n) is 6.16. The van der Waals surface area contributed by atoms with Crippen LogP contribution in [0.25, 0.3) is 0 Å². The van der Waals surface area contributed by atoms with E-state index in [1.54, 1.807) is 13.0 Å². The molecule has 1 aromatic carbocycles. The minimum absolute atomic E-state index is 0.0768. The van der Waals surface area contributed by atoms with Crippen molar-refractivity contribution in [2.24, 2.45) is 0 Å². The Kier molecular flexibility index (Phi) is 5.19. The maximum Gasteiger partial charge on any atom is 0.416 e. The summed E-state index contributed by atoms with van der Waals surface area (Å²) in [7, 11) is 0. The van der Waals surface area contributed by atoms with Gasteiger partial charge in [-0.2, -0.15) is 13.2 Å². The molecular weight excluding hydrogens is 309 g/mol. The Morgan fingerprint density at radius 1 is 1.35 bits per heavy atom. The van der Waals surface area contributed by atoms with Gasteiger partial charge in [0.1, 0.15) is 0 Å². The van der Waals surface area contributed by atoms with E-state index in [9.17, 15) is 23.1 Å². The number of nitrogens with one attached hydrogen (secondary N) is 2. The lowest BCUT2D eigenvalue weighted by Crippen LogP contribution is -2.51. The Morgan fingerprint density at radius 3 is 2.57 bits per heavy atom. The van der Waals surface area contributed by atoms with Crippen molar-refractivity contribution < 1.29 is 23.1 Å². The predicted molar refractivity (Wildman–Crippen MR) is 79.9 cm³/mol. The van der Waals surface area contributed by atoms with Crippen LogP contribution in [0.2, 0.25) is 0 Å². The van der Waals surface area contributed by atoms with Gasteiger partial charge in [0.15, 0.2) is 0 Å². The second-order valence-corrected chi connectivity index (χ2v) is 6.16. The van der Waals surface area contributed by atoms with Crippen LogP contribution in [0, 0.1) is 0 Å². The molecule has 0 aliphatic heterocycles. The van der Waals surface area contributed by atoms with E-state index in [-0.39, 0.29) is 18.5 Å². The van der Waals surface area contributed by atoms with Crippen LogP contribution in [0.3, 0.4) is 0 Å². The molecule has 1 aromatic rings. The third-order valence-electron chi connectivity index (χ3n) is 4.09. The molecule has 0 heterocycles. The SMILES string of the molecule is CC(Cc1ccccc1C(F)(F)F)NC(=O)NCC1(O)CCC1. The first-order valence-electron chi connectivity index (χ1n) is 7.61. The molecule has 1 aliphatic rings. The van der Waals surface area contributed by atoms with E-state index in [0.717, 1.165) is 12.5 Å². The zero-order chi connectivity index (χ0) is 17.1. The molecule has 1 atom stereocenters. The highest BCUT2D eigenvalue weighted by Gasteiger charge is 2.35. The molecule has 0 saturated heterocycles. The summed E-state index contributed by atoms with van der Waals surface area (Å²) < 4.78 is 38.8. The number of aliphatic hydroxyl groups is 1. The van der Waals surface area contributed by atoms with Crippen LogP contribution in [0.15, 0.2) is 24.3 Å². The molecule has 0 bridgehead atoms. The van der Waals surface area contributed by atoms with E-state index < -0.39 is 29.4 Å². The minimum Gasteiger partial charge on any atom is -0.388 e. The van der Waals surface area contributed by atoms with Gasteiger partial charge in [-0.25, -0.2) is 4.79 Å². The van der Waals surface area contributed by atoms with Gasteiger partial charge in [0.2, 0.25) is 0 Å². The maximum absolute atomic E-state index is 12.9. The zero-order valence-corrected chi connectivity index (χ0v) is 12.9.